The number of halogens is 3. The summed E-state index contributed by atoms with van der Waals surface area (Å²) in [6.45, 7) is -0.588. The molecule has 0 spiro atoms. The molecule has 2 rings (SSSR count). The summed E-state index contributed by atoms with van der Waals surface area (Å²) < 4.78 is 45.4. The first-order valence-electron chi connectivity index (χ1n) is 8.19. The minimum atomic E-state index is -4.80. The molecule has 0 radical (unpaired) electrons. The molecule has 29 heavy (non-hydrogen) atoms. The smallest absolute Gasteiger partial charge is 0.484 e. The van der Waals surface area contributed by atoms with E-state index in [0.29, 0.717) is 11.3 Å². The lowest BCUT2D eigenvalue weighted by Crippen LogP contribution is -2.37. The maximum atomic E-state index is 12.1. The third kappa shape index (κ3) is 7.42. The number of carbonyl (C=O) groups excluding carboxylic acids is 2. The normalized spacial score (nSPS) is 10.6. The Morgan fingerprint density at radius 3 is 2.21 bits per heavy atom. The fourth-order valence-corrected chi connectivity index (χ4v) is 2.13. The molecule has 0 unspecified atom stereocenters. The monoisotopic (exact) mass is 407 g/mol. The summed E-state index contributed by atoms with van der Waals surface area (Å²) in [6.07, 6.45) is -4.80. The van der Waals surface area contributed by atoms with Crippen LogP contribution in [0.1, 0.15) is 5.56 Å². The van der Waals surface area contributed by atoms with Crippen LogP contribution >= 0.6 is 0 Å². The van der Waals surface area contributed by atoms with Crippen molar-refractivity contribution in [2.75, 3.05) is 25.5 Å². The van der Waals surface area contributed by atoms with Crippen molar-refractivity contribution in [2.45, 2.75) is 6.36 Å². The predicted octanol–water partition coefficient (Wildman–Crippen LogP) is 2.93. The fourth-order valence-electron chi connectivity index (χ4n) is 2.13. The Bertz CT molecular complexity index is 891. The molecule has 7 nitrogen and oxygen atoms in total. The maximum Gasteiger partial charge on any atom is 0.573 e. The number of nitrogens with one attached hydrogen (secondary N) is 1. The molecule has 0 aliphatic rings. The molecule has 0 atom stereocenters. The molecule has 0 aliphatic heterocycles. The Morgan fingerprint density at radius 1 is 1.07 bits per heavy atom. The first-order valence-corrected chi connectivity index (χ1v) is 8.19. The van der Waals surface area contributed by atoms with Crippen molar-refractivity contribution >= 4 is 17.5 Å². The lowest BCUT2D eigenvalue weighted by Gasteiger charge is -2.17. The number of ether oxygens (including phenoxy) is 2. The zero-order valence-electron chi connectivity index (χ0n) is 15.2. The van der Waals surface area contributed by atoms with Gasteiger partial charge in [-0.15, -0.1) is 13.2 Å². The van der Waals surface area contributed by atoms with Crippen LogP contribution in [0.15, 0.2) is 48.5 Å². The number of alkyl halides is 3. The molecule has 1 N–H and O–H groups in total. The SMILES string of the molecule is CN(CC(=O)Nc1ccc(OC(F)(F)F)cc1)C(=O)COc1ccc(C#N)cc1. The summed E-state index contributed by atoms with van der Waals surface area (Å²) in [7, 11) is 1.41. The van der Waals surface area contributed by atoms with E-state index in [-0.39, 0.29) is 18.8 Å². The molecule has 2 amide bonds. The third-order valence-electron chi connectivity index (χ3n) is 3.52. The van der Waals surface area contributed by atoms with Gasteiger partial charge in [0.2, 0.25) is 5.91 Å². The quantitative estimate of drug-likeness (QED) is 0.762. The van der Waals surface area contributed by atoms with Crippen molar-refractivity contribution in [3.8, 4) is 17.6 Å². The van der Waals surface area contributed by atoms with Gasteiger partial charge in [-0.1, -0.05) is 0 Å². The maximum absolute atomic E-state index is 12.1. The van der Waals surface area contributed by atoms with E-state index in [2.05, 4.69) is 10.1 Å². The number of likely N-dealkylation sites (N-methyl/N-ethyl adjacent to an activating group) is 1. The lowest BCUT2D eigenvalue weighted by molar-refractivity contribution is -0.274. The van der Waals surface area contributed by atoms with Gasteiger partial charge in [0.15, 0.2) is 6.61 Å². The van der Waals surface area contributed by atoms with Crippen molar-refractivity contribution in [3.05, 3.63) is 54.1 Å². The van der Waals surface area contributed by atoms with Crippen molar-refractivity contribution in [3.63, 3.8) is 0 Å². The van der Waals surface area contributed by atoms with Crippen LogP contribution in [0, 0.1) is 11.3 Å². The second-order valence-electron chi connectivity index (χ2n) is 5.80. The molecule has 0 saturated carbocycles. The molecule has 2 aromatic carbocycles. The molecular formula is C19H16F3N3O4. The first-order chi connectivity index (χ1) is 13.7. The van der Waals surface area contributed by atoms with E-state index >= 15 is 0 Å². The van der Waals surface area contributed by atoms with E-state index in [0.717, 1.165) is 17.0 Å². The number of hydrogen-bond acceptors (Lipinski definition) is 5. The van der Waals surface area contributed by atoms with E-state index < -0.39 is 23.9 Å². The average molecular weight is 407 g/mol. The standard InChI is InChI=1S/C19H16F3N3O4/c1-25(18(27)12-28-15-6-2-13(10-23)3-7-15)11-17(26)24-14-4-8-16(9-5-14)29-19(20,21)22/h2-9H,11-12H2,1H3,(H,24,26). The van der Waals surface area contributed by atoms with Gasteiger partial charge in [-0.25, -0.2) is 0 Å². The number of carbonyl (C=O) groups is 2. The number of rotatable bonds is 7. The lowest BCUT2D eigenvalue weighted by atomic mass is 10.2. The van der Waals surface area contributed by atoms with Gasteiger partial charge < -0.3 is 19.7 Å². The highest BCUT2D eigenvalue weighted by molar-refractivity contribution is 5.94. The van der Waals surface area contributed by atoms with Crippen LogP contribution in [0.5, 0.6) is 11.5 Å². The average Bonchev–Trinajstić information content (AvgIpc) is 2.66. The van der Waals surface area contributed by atoms with Gasteiger partial charge in [0.1, 0.15) is 11.5 Å². The van der Waals surface area contributed by atoms with E-state index in [1.165, 1.54) is 19.2 Å². The van der Waals surface area contributed by atoms with Crippen molar-refractivity contribution < 1.29 is 32.2 Å². The Labute approximate surface area is 164 Å². The molecule has 0 heterocycles. The molecule has 0 bridgehead atoms. The number of nitrogens with zero attached hydrogens (tertiary/aromatic N) is 2. The number of nitriles is 1. The highest BCUT2D eigenvalue weighted by Crippen LogP contribution is 2.23. The molecule has 2 aromatic rings. The van der Waals surface area contributed by atoms with Crippen LogP contribution < -0.4 is 14.8 Å². The van der Waals surface area contributed by atoms with Crippen LogP contribution in [0.3, 0.4) is 0 Å². The van der Waals surface area contributed by atoms with Gasteiger partial charge in [0, 0.05) is 12.7 Å². The number of hydrogen-bond donors (Lipinski definition) is 1. The van der Waals surface area contributed by atoms with Crippen molar-refractivity contribution in [2.24, 2.45) is 0 Å². The van der Waals surface area contributed by atoms with Crippen LogP contribution in [0.4, 0.5) is 18.9 Å². The van der Waals surface area contributed by atoms with Crippen molar-refractivity contribution in [1.29, 1.82) is 5.26 Å². The largest absolute Gasteiger partial charge is 0.573 e. The van der Waals surface area contributed by atoms with E-state index in [4.69, 9.17) is 10.00 Å². The second-order valence-corrected chi connectivity index (χ2v) is 5.80. The minimum absolute atomic E-state index is 0.249. The molecule has 152 valence electrons. The Hall–Kier alpha value is -3.74. The van der Waals surface area contributed by atoms with Crippen LogP contribution in [0.2, 0.25) is 0 Å². The van der Waals surface area contributed by atoms with E-state index in [1.807, 2.05) is 6.07 Å². The minimum Gasteiger partial charge on any atom is -0.484 e. The van der Waals surface area contributed by atoms with Gasteiger partial charge in [-0.3, -0.25) is 9.59 Å². The molecule has 0 saturated heterocycles. The zero-order valence-corrected chi connectivity index (χ0v) is 15.2. The van der Waals surface area contributed by atoms with Crippen LogP contribution in [0.25, 0.3) is 0 Å². The third-order valence-corrected chi connectivity index (χ3v) is 3.52. The van der Waals surface area contributed by atoms with Gasteiger partial charge in [0.25, 0.3) is 5.91 Å². The second kappa shape index (κ2) is 9.45. The molecule has 0 aromatic heterocycles. The fraction of sp³-hybridized carbons (Fsp3) is 0.211. The summed E-state index contributed by atoms with van der Waals surface area (Å²) in [5, 5.41) is 11.2. The number of anilines is 1. The molecule has 0 aliphatic carbocycles. The van der Waals surface area contributed by atoms with Crippen molar-refractivity contribution in [1.82, 2.24) is 4.90 Å². The highest BCUT2D eigenvalue weighted by atomic mass is 19.4. The Kier molecular flexibility index (Phi) is 7.03. The zero-order chi connectivity index (χ0) is 21.4. The number of benzene rings is 2. The van der Waals surface area contributed by atoms with Gasteiger partial charge >= 0.3 is 6.36 Å². The summed E-state index contributed by atoms with van der Waals surface area (Å²) in [5.74, 6) is -1.01. The predicted molar refractivity (Wildman–Crippen MR) is 96.0 cm³/mol. The van der Waals surface area contributed by atoms with Gasteiger partial charge in [-0.05, 0) is 48.5 Å². The molecular weight excluding hydrogens is 391 g/mol. The molecule has 0 fully saturated rings. The number of amides is 2. The molecule has 10 heteroatoms. The summed E-state index contributed by atoms with van der Waals surface area (Å²) in [4.78, 5) is 25.2. The highest BCUT2D eigenvalue weighted by Gasteiger charge is 2.31. The summed E-state index contributed by atoms with van der Waals surface area (Å²) in [5.41, 5.74) is 0.703. The van der Waals surface area contributed by atoms with Gasteiger partial charge in [-0.2, -0.15) is 5.26 Å². The summed E-state index contributed by atoms with van der Waals surface area (Å²) in [6, 6.07) is 12.7. The topological polar surface area (TPSA) is 91.7 Å². The van der Waals surface area contributed by atoms with E-state index in [9.17, 15) is 22.8 Å². The Morgan fingerprint density at radius 2 is 1.66 bits per heavy atom. The van der Waals surface area contributed by atoms with Crippen LogP contribution in [-0.2, 0) is 9.59 Å². The Balaban J connectivity index is 1.80. The van der Waals surface area contributed by atoms with E-state index in [1.54, 1.807) is 24.3 Å². The first kappa shape index (κ1) is 21.6. The van der Waals surface area contributed by atoms with Crippen LogP contribution in [-0.4, -0.2) is 43.3 Å². The van der Waals surface area contributed by atoms with Gasteiger partial charge in [0.05, 0.1) is 18.2 Å². The summed E-state index contributed by atoms with van der Waals surface area (Å²) >= 11 is 0.